The quantitative estimate of drug-likeness (QED) is 0.728. The van der Waals surface area contributed by atoms with Crippen LogP contribution in [-0.2, 0) is 4.79 Å². The van der Waals surface area contributed by atoms with E-state index in [4.69, 9.17) is 10.4 Å². The molecular formula is C11H20N2O2. The molecule has 0 fully saturated rings. The molecule has 1 N–H and O–H groups in total. The molecular weight excluding hydrogens is 192 g/mol. The van der Waals surface area contributed by atoms with Gasteiger partial charge in [-0.05, 0) is 34.1 Å². The van der Waals surface area contributed by atoms with Gasteiger partial charge in [-0.2, -0.15) is 5.26 Å². The van der Waals surface area contributed by atoms with Crippen LogP contribution in [0.25, 0.3) is 0 Å². The topological polar surface area (TPSA) is 64.3 Å². The first kappa shape index (κ1) is 13.9. The van der Waals surface area contributed by atoms with Gasteiger partial charge in [0.2, 0.25) is 0 Å². The van der Waals surface area contributed by atoms with Gasteiger partial charge in [0.1, 0.15) is 0 Å². The lowest BCUT2D eigenvalue weighted by molar-refractivity contribution is -0.138. The molecule has 0 saturated heterocycles. The summed E-state index contributed by atoms with van der Waals surface area (Å²) in [7, 11) is 0. The van der Waals surface area contributed by atoms with Crippen molar-refractivity contribution in [2.24, 2.45) is 5.41 Å². The molecule has 0 radical (unpaired) electrons. The van der Waals surface area contributed by atoms with E-state index in [1.165, 1.54) is 0 Å². The molecule has 0 aromatic rings. The van der Waals surface area contributed by atoms with E-state index in [9.17, 15) is 4.79 Å². The van der Waals surface area contributed by atoms with E-state index >= 15 is 0 Å². The minimum atomic E-state index is -0.821. The lowest BCUT2D eigenvalue weighted by Crippen LogP contribution is -2.37. The van der Waals surface area contributed by atoms with Crippen LogP contribution in [0.3, 0.4) is 0 Å². The number of nitrogens with zero attached hydrogens (tertiary/aromatic N) is 2. The SMILES string of the molecule is CC(C)N(CCC(C)(C)C#N)CC(=O)O. The fourth-order valence-corrected chi connectivity index (χ4v) is 1.17. The first-order valence-corrected chi connectivity index (χ1v) is 5.15. The highest BCUT2D eigenvalue weighted by atomic mass is 16.4. The maximum Gasteiger partial charge on any atom is 0.317 e. The third kappa shape index (κ3) is 6.08. The Morgan fingerprint density at radius 2 is 2.07 bits per heavy atom. The van der Waals surface area contributed by atoms with Crippen LogP contribution >= 0.6 is 0 Å². The summed E-state index contributed by atoms with van der Waals surface area (Å²) in [6.07, 6.45) is 0.689. The molecule has 0 saturated carbocycles. The van der Waals surface area contributed by atoms with Gasteiger partial charge in [-0.1, -0.05) is 0 Å². The summed E-state index contributed by atoms with van der Waals surface area (Å²) in [6.45, 7) is 8.34. The molecule has 0 atom stereocenters. The average molecular weight is 212 g/mol. The Kier molecular flexibility index (Phi) is 5.31. The van der Waals surface area contributed by atoms with Gasteiger partial charge in [-0.3, -0.25) is 9.69 Å². The van der Waals surface area contributed by atoms with E-state index in [0.29, 0.717) is 13.0 Å². The van der Waals surface area contributed by atoms with Crippen LogP contribution < -0.4 is 0 Å². The van der Waals surface area contributed by atoms with Gasteiger partial charge in [-0.25, -0.2) is 0 Å². The largest absolute Gasteiger partial charge is 0.480 e. The highest BCUT2D eigenvalue weighted by Crippen LogP contribution is 2.19. The maximum atomic E-state index is 10.6. The lowest BCUT2D eigenvalue weighted by atomic mass is 9.91. The highest BCUT2D eigenvalue weighted by Gasteiger charge is 2.20. The maximum absolute atomic E-state index is 10.6. The van der Waals surface area contributed by atoms with E-state index in [-0.39, 0.29) is 18.0 Å². The van der Waals surface area contributed by atoms with Gasteiger partial charge >= 0.3 is 5.97 Å². The monoisotopic (exact) mass is 212 g/mol. The van der Waals surface area contributed by atoms with Gasteiger partial charge in [0.05, 0.1) is 18.0 Å². The Labute approximate surface area is 91.5 Å². The van der Waals surface area contributed by atoms with Crippen LogP contribution in [0.15, 0.2) is 0 Å². The molecule has 15 heavy (non-hydrogen) atoms. The molecule has 0 spiro atoms. The van der Waals surface area contributed by atoms with Crippen LogP contribution in [0, 0.1) is 16.7 Å². The van der Waals surface area contributed by atoms with E-state index < -0.39 is 5.97 Å². The number of hydrogen-bond donors (Lipinski definition) is 1. The molecule has 0 aliphatic carbocycles. The third-order valence-corrected chi connectivity index (χ3v) is 2.40. The number of hydrogen-bond acceptors (Lipinski definition) is 3. The van der Waals surface area contributed by atoms with Gasteiger partial charge in [0, 0.05) is 12.6 Å². The van der Waals surface area contributed by atoms with Crippen molar-refractivity contribution in [2.45, 2.75) is 40.2 Å². The molecule has 0 amide bonds. The van der Waals surface area contributed by atoms with Crippen LogP contribution in [0.5, 0.6) is 0 Å². The molecule has 0 heterocycles. The first-order chi connectivity index (χ1) is 6.78. The van der Waals surface area contributed by atoms with Crippen molar-refractivity contribution in [3.63, 3.8) is 0 Å². The second-order valence-corrected chi connectivity index (χ2v) is 4.70. The summed E-state index contributed by atoms with van der Waals surface area (Å²) in [5.74, 6) is -0.821. The first-order valence-electron chi connectivity index (χ1n) is 5.15. The normalized spacial score (nSPS) is 11.8. The number of nitriles is 1. The second kappa shape index (κ2) is 5.72. The summed E-state index contributed by atoms with van der Waals surface area (Å²) in [6, 6.07) is 2.41. The van der Waals surface area contributed by atoms with Crippen LogP contribution in [0.4, 0.5) is 0 Å². The van der Waals surface area contributed by atoms with E-state index in [1.54, 1.807) is 0 Å². The van der Waals surface area contributed by atoms with Crippen LogP contribution in [0.2, 0.25) is 0 Å². The Bertz CT molecular complexity index is 254. The van der Waals surface area contributed by atoms with Gasteiger partial charge in [0.15, 0.2) is 0 Å². The summed E-state index contributed by atoms with van der Waals surface area (Å²) in [4.78, 5) is 12.5. The molecule has 86 valence electrons. The molecule has 0 aliphatic heterocycles. The number of carboxylic acids is 1. The Morgan fingerprint density at radius 1 is 1.53 bits per heavy atom. The van der Waals surface area contributed by atoms with Crippen molar-refractivity contribution in [1.29, 1.82) is 5.26 Å². The van der Waals surface area contributed by atoms with Crippen LogP contribution in [0.1, 0.15) is 34.1 Å². The molecule has 0 bridgehead atoms. The third-order valence-electron chi connectivity index (χ3n) is 2.40. The van der Waals surface area contributed by atoms with Gasteiger partial charge in [-0.15, -0.1) is 0 Å². The average Bonchev–Trinajstić information content (AvgIpc) is 2.11. The summed E-state index contributed by atoms with van der Waals surface area (Å²) < 4.78 is 0. The number of carbonyl (C=O) groups is 1. The standard InChI is InChI=1S/C11H20N2O2/c1-9(2)13(7-10(14)15)6-5-11(3,4)8-12/h9H,5-7H2,1-4H3,(H,14,15). The van der Waals surface area contributed by atoms with Crippen molar-refractivity contribution >= 4 is 5.97 Å². The van der Waals surface area contributed by atoms with Gasteiger partial charge in [0.25, 0.3) is 0 Å². The molecule has 4 heteroatoms. The fourth-order valence-electron chi connectivity index (χ4n) is 1.17. The minimum Gasteiger partial charge on any atom is -0.480 e. The van der Waals surface area contributed by atoms with Crippen molar-refractivity contribution < 1.29 is 9.90 Å². The van der Waals surface area contributed by atoms with Crippen molar-refractivity contribution in [3.05, 3.63) is 0 Å². The zero-order chi connectivity index (χ0) is 12.1. The van der Waals surface area contributed by atoms with E-state index in [0.717, 1.165) is 0 Å². The second-order valence-electron chi connectivity index (χ2n) is 4.70. The van der Waals surface area contributed by atoms with Crippen molar-refractivity contribution in [2.75, 3.05) is 13.1 Å². The zero-order valence-corrected chi connectivity index (χ0v) is 9.95. The van der Waals surface area contributed by atoms with Crippen LogP contribution in [-0.4, -0.2) is 35.1 Å². The number of carboxylic acid groups (broad SMARTS) is 1. The molecule has 0 aromatic heterocycles. The molecule has 0 aromatic carbocycles. The fraction of sp³-hybridized carbons (Fsp3) is 0.818. The number of rotatable bonds is 6. The molecule has 4 nitrogen and oxygen atoms in total. The van der Waals surface area contributed by atoms with Crippen molar-refractivity contribution in [3.8, 4) is 6.07 Å². The summed E-state index contributed by atoms with van der Waals surface area (Å²) in [5.41, 5.74) is -0.383. The minimum absolute atomic E-state index is 0.0408. The summed E-state index contributed by atoms with van der Waals surface area (Å²) >= 11 is 0. The number of aliphatic carboxylic acids is 1. The lowest BCUT2D eigenvalue weighted by Gasteiger charge is -2.27. The highest BCUT2D eigenvalue weighted by molar-refractivity contribution is 5.69. The predicted octanol–water partition coefficient (Wildman–Crippen LogP) is 1.72. The molecule has 0 rings (SSSR count). The summed E-state index contributed by atoms with van der Waals surface area (Å²) in [5, 5.41) is 17.6. The van der Waals surface area contributed by atoms with E-state index in [2.05, 4.69) is 6.07 Å². The predicted molar refractivity (Wildman–Crippen MR) is 58.4 cm³/mol. The molecule has 0 aliphatic rings. The Balaban J connectivity index is 4.20. The van der Waals surface area contributed by atoms with Crippen molar-refractivity contribution in [1.82, 2.24) is 4.90 Å². The van der Waals surface area contributed by atoms with E-state index in [1.807, 2.05) is 32.6 Å². The van der Waals surface area contributed by atoms with Gasteiger partial charge < -0.3 is 5.11 Å². The molecule has 0 unspecified atom stereocenters. The smallest absolute Gasteiger partial charge is 0.317 e. The Hall–Kier alpha value is -1.08. The zero-order valence-electron chi connectivity index (χ0n) is 9.95. The Morgan fingerprint density at radius 3 is 2.40 bits per heavy atom.